The van der Waals surface area contributed by atoms with Crippen molar-refractivity contribution in [1.82, 2.24) is 10.6 Å². The summed E-state index contributed by atoms with van der Waals surface area (Å²) in [7, 11) is 0. The van der Waals surface area contributed by atoms with Gasteiger partial charge in [-0.1, -0.05) is 0 Å². The summed E-state index contributed by atoms with van der Waals surface area (Å²) >= 11 is 3.28. The highest BCUT2D eigenvalue weighted by molar-refractivity contribution is 9.10. The van der Waals surface area contributed by atoms with Crippen molar-refractivity contribution in [3.63, 3.8) is 0 Å². The lowest BCUT2D eigenvalue weighted by Gasteiger charge is -2.12. The first kappa shape index (κ1) is 15.3. The molecule has 1 aliphatic heterocycles. The molecule has 1 fully saturated rings. The van der Waals surface area contributed by atoms with E-state index in [1.807, 2.05) is 0 Å². The number of esters is 1. The second kappa shape index (κ2) is 6.57. The molecule has 0 spiro atoms. The van der Waals surface area contributed by atoms with Gasteiger partial charge in [0.25, 0.3) is 5.69 Å². The first-order valence-corrected chi connectivity index (χ1v) is 7.17. The van der Waals surface area contributed by atoms with E-state index >= 15 is 0 Å². The number of ether oxygens (including phenoxy) is 1. The van der Waals surface area contributed by atoms with Crippen molar-refractivity contribution >= 4 is 33.2 Å². The molecule has 1 aromatic carbocycles. The second-order valence-electron chi connectivity index (χ2n) is 4.25. The number of carbonyl (C=O) groups excluding carboxylic acids is 1. The predicted octanol–water partition coefficient (Wildman–Crippen LogP) is 1.78. The highest BCUT2D eigenvalue weighted by atomic mass is 79.9. The lowest BCUT2D eigenvalue weighted by atomic mass is 10.1. The monoisotopic (exact) mass is 355 g/mol. The van der Waals surface area contributed by atoms with E-state index in [0.29, 0.717) is 34.5 Å². The van der Waals surface area contributed by atoms with Crippen LogP contribution in [0.2, 0.25) is 0 Å². The van der Waals surface area contributed by atoms with Crippen molar-refractivity contribution in [1.29, 1.82) is 0 Å². The molecule has 0 amide bonds. The molecule has 2 N–H and O–H groups in total. The van der Waals surface area contributed by atoms with Crippen molar-refractivity contribution < 1.29 is 14.5 Å². The molecule has 1 aliphatic rings. The number of nitro benzene ring substituents is 1. The smallest absolute Gasteiger partial charge is 0.342 e. The Bertz CT molecular complexity index is 607. The number of hydrogen-bond acceptors (Lipinski definition) is 6. The zero-order chi connectivity index (χ0) is 15.4. The van der Waals surface area contributed by atoms with E-state index in [0.717, 1.165) is 0 Å². The molecular formula is C13H14BrN3O4. The summed E-state index contributed by atoms with van der Waals surface area (Å²) in [6.07, 6.45) is 0. The van der Waals surface area contributed by atoms with Crippen LogP contribution in [0, 0.1) is 10.1 Å². The number of hydrogen-bond donors (Lipinski definition) is 2. The maximum Gasteiger partial charge on any atom is 0.342 e. The van der Waals surface area contributed by atoms with Crippen LogP contribution in [0.3, 0.4) is 0 Å². The molecule has 1 aromatic rings. The van der Waals surface area contributed by atoms with E-state index in [2.05, 4.69) is 26.6 Å². The van der Waals surface area contributed by atoms with Crippen molar-refractivity contribution in [2.24, 2.45) is 0 Å². The fourth-order valence-corrected chi connectivity index (χ4v) is 2.55. The first-order valence-electron chi connectivity index (χ1n) is 6.38. The van der Waals surface area contributed by atoms with Gasteiger partial charge in [-0.3, -0.25) is 10.1 Å². The SMILES string of the molecule is CCOC(=O)C(=C1NCCN1)c1ccc([N+](=O)[O-])cc1Br. The van der Waals surface area contributed by atoms with Crippen molar-refractivity contribution in [2.75, 3.05) is 19.7 Å². The molecule has 112 valence electrons. The van der Waals surface area contributed by atoms with E-state index in [4.69, 9.17) is 4.74 Å². The van der Waals surface area contributed by atoms with Gasteiger partial charge in [0.1, 0.15) is 11.4 Å². The third kappa shape index (κ3) is 3.33. The van der Waals surface area contributed by atoms with Gasteiger partial charge < -0.3 is 15.4 Å². The highest BCUT2D eigenvalue weighted by Crippen LogP contribution is 2.30. The van der Waals surface area contributed by atoms with Gasteiger partial charge in [0, 0.05) is 35.3 Å². The molecule has 0 saturated carbocycles. The van der Waals surface area contributed by atoms with Crippen LogP contribution < -0.4 is 10.6 Å². The number of non-ortho nitro benzene ring substituents is 1. The van der Waals surface area contributed by atoms with Crippen LogP contribution in [0.4, 0.5) is 5.69 Å². The van der Waals surface area contributed by atoms with Gasteiger partial charge in [-0.2, -0.15) is 0 Å². The van der Waals surface area contributed by atoms with Gasteiger partial charge >= 0.3 is 5.97 Å². The lowest BCUT2D eigenvalue weighted by Crippen LogP contribution is -2.19. The van der Waals surface area contributed by atoms with Crippen LogP contribution in [0.25, 0.3) is 5.57 Å². The first-order chi connectivity index (χ1) is 10.0. The third-order valence-corrected chi connectivity index (χ3v) is 3.55. The van der Waals surface area contributed by atoms with Crippen LogP contribution in [0.5, 0.6) is 0 Å². The molecule has 1 heterocycles. The van der Waals surface area contributed by atoms with Gasteiger partial charge in [-0.05, 0) is 28.9 Å². The minimum atomic E-state index is -0.488. The molecule has 1 saturated heterocycles. The van der Waals surface area contributed by atoms with E-state index in [1.54, 1.807) is 6.92 Å². The summed E-state index contributed by atoms with van der Waals surface area (Å²) in [5, 5.41) is 16.9. The topological polar surface area (TPSA) is 93.5 Å². The summed E-state index contributed by atoms with van der Waals surface area (Å²) in [5.74, 6) is 0.0898. The summed E-state index contributed by atoms with van der Waals surface area (Å²) in [6.45, 7) is 3.37. The third-order valence-electron chi connectivity index (χ3n) is 2.89. The molecule has 0 aromatic heterocycles. The van der Waals surface area contributed by atoms with Gasteiger partial charge in [0.15, 0.2) is 0 Å². The van der Waals surface area contributed by atoms with Crippen LogP contribution in [-0.2, 0) is 9.53 Å². The molecule has 0 unspecified atom stereocenters. The number of benzene rings is 1. The maximum absolute atomic E-state index is 12.2. The number of carbonyl (C=O) groups is 1. The van der Waals surface area contributed by atoms with E-state index in [-0.39, 0.29) is 12.3 Å². The average molecular weight is 356 g/mol. The zero-order valence-corrected chi connectivity index (χ0v) is 12.9. The summed E-state index contributed by atoms with van der Waals surface area (Å²) in [5.41, 5.74) is 0.818. The Morgan fingerprint density at radius 1 is 1.43 bits per heavy atom. The van der Waals surface area contributed by atoms with Gasteiger partial charge in [0.2, 0.25) is 0 Å². The van der Waals surface area contributed by atoms with Gasteiger partial charge in [-0.15, -0.1) is 0 Å². The quantitative estimate of drug-likeness (QED) is 0.370. The van der Waals surface area contributed by atoms with E-state index in [1.165, 1.54) is 18.2 Å². The van der Waals surface area contributed by atoms with E-state index in [9.17, 15) is 14.9 Å². The maximum atomic E-state index is 12.2. The number of halogens is 1. The number of nitrogens with zero attached hydrogens (tertiary/aromatic N) is 1. The molecule has 0 bridgehead atoms. The molecule has 21 heavy (non-hydrogen) atoms. The Labute approximate surface area is 129 Å². The molecule has 0 radical (unpaired) electrons. The molecule has 7 nitrogen and oxygen atoms in total. The van der Waals surface area contributed by atoms with Crippen molar-refractivity contribution in [3.05, 3.63) is 44.2 Å². The predicted molar refractivity (Wildman–Crippen MR) is 80.4 cm³/mol. The fraction of sp³-hybridized carbons (Fsp3) is 0.308. The lowest BCUT2D eigenvalue weighted by molar-refractivity contribution is -0.384. The Hall–Kier alpha value is -2.09. The van der Waals surface area contributed by atoms with Crippen LogP contribution in [0.1, 0.15) is 12.5 Å². The number of rotatable bonds is 4. The Morgan fingerprint density at radius 2 is 2.10 bits per heavy atom. The molecule has 0 atom stereocenters. The molecule has 2 rings (SSSR count). The van der Waals surface area contributed by atoms with Crippen molar-refractivity contribution in [2.45, 2.75) is 6.92 Å². The van der Waals surface area contributed by atoms with E-state index < -0.39 is 10.9 Å². The number of nitrogens with one attached hydrogen (secondary N) is 2. The van der Waals surface area contributed by atoms with Crippen LogP contribution in [-0.4, -0.2) is 30.6 Å². The summed E-state index contributed by atoms with van der Waals surface area (Å²) in [6, 6.07) is 4.25. The summed E-state index contributed by atoms with van der Waals surface area (Å²) in [4.78, 5) is 22.5. The Balaban J connectivity index is 2.49. The normalized spacial score (nSPS) is 13.3. The minimum Gasteiger partial charge on any atom is -0.462 e. The van der Waals surface area contributed by atoms with Crippen molar-refractivity contribution in [3.8, 4) is 0 Å². The average Bonchev–Trinajstić information content (AvgIpc) is 2.95. The zero-order valence-electron chi connectivity index (χ0n) is 11.3. The van der Waals surface area contributed by atoms with Gasteiger partial charge in [-0.25, -0.2) is 4.79 Å². The number of nitro groups is 1. The minimum absolute atomic E-state index is 0.0498. The molecular weight excluding hydrogens is 342 g/mol. The highest BCUT2D eigenvalue weighted by Gasteiger charge is 2.24. The Kier molecular flexibility index (Phi) is 4.79. The second-order valence-corrected chi connectivity index (χ2v) is 5.10. The molecule has 8 heteroatoms. The standard InChI is InChI=1S/C13H14BrN3O4/c1-2-21-13(18)11(12-15-5-6-16-12)9-4-3-8(17(19)20)7-10(9)14/h3-4,7,15-16H,2,5-6H2,1H3. The largest absolute Gasteiger partial charge is 0.462 e. The summed E-state index contributed by atoms with van der Waals surface area (Å²) < 4.78 is 5.53. The fourth-order valence-electron chi connectivity index (χ4n) is 1.98. The van der Waals surface area contributed by atoms with Crippen LogP contribution >= 0.6 is 15.9 Å². The van der Waals surface area contributed by atoms with Crippen LogP contribution in [0.15, 0.2) is 28.5 Å². The van der Waals surface area contributed by atoms with Gasteiger partial charge in [0.05, 0.1) is 11.5 Å². The Morgan fingerprint density at radius 3 is 2.62 bits per heavy atom. The molecule has 0 aliphatic carbocycles.